The molecule has 0 aromatic rings. The second-order valence-corrected chi connectivity index (χ2v) is 14.2. The third-order valence-corrected chi connectivity index (χ3v) is 11.0. The average Bonchev–Trinajstić information content (AvgIpc) is 2.63. The van der Waals surface area contributed by atoms with Gasteiger partial charge in [-0.3, -0.25) is 9.13 Å². The number of rotatable bonds is 20. The van der Waals surface area contributed by atoms with Gasteiger partial charge in [-0.05, 0) is 6.42 Å². The summed E-state index contributed by atoms with van der Waals surface area (Å²) in [6.07, 6.45) is 19.3. The van der Waals surface area contributed by atoms with Crippen LogP contribution in [0.5, 0.6) is 0 Å². The molecule has 0 saturated carbocycles. The zero-order valence-electron chi connectivity index (χ0n) is 17.7. The fraction of sp³-hybridized carbons (Fsp3) is 1.00. The molecule has 0 amide bonds. The van der Waals surface area contributed by atoms with E-state index in [0.717, 1.165) is 19.3 Å². The predicted molar refractivity (Wildman–Crippen MR) is 122 cm³/mol. The summed E-state index contributed by atoms with van der Waals surface area (Å²) in [5.41, 5.74) is 0. The SMILES string of the molecule is CCCCCCCCCCCCCCCCCCOP(=O)(O)C(Cl)(Cl)P(=O)(O)O. The highest BCUT2D eigenvalue weighted by molar-refractivity contribution is 7.78. The van der Waals surface area contributed by atoms with Crippen LogP contribution in [0, 0.1) is 0 Å². The number of hydrogen-bond donors (Lipinski definition) is 3. The molecule has 0 saturated heterocycles. The van der Waals surface area contributed by atoms with Crippen molar-refractivity contribution in [2.24, 2.45) is 0 Å². The van der Waals surface area contributed by atoms with Gasteiger partial charge >= 0.3 is 19.0 Å². The van der Waals surface area contributed by atoms with Crippen LogP contribution >= 0.6 is 38.4 Å². The molecule has 0 spiro atoms. The van der Waals surface area contributed by atoms with Gasteiger partial charge in [0.15, 0.2) is 0 Å². The second-order valence-electron chi connectivity index (χ2n) is 7.71. The lowest BCUT2D eigenvalue weighted by Crippen LogP contribution is -2.16. The van der Waals surface area contributed by atoms with E-state index in [9.17, 15) is 14.0 Å². The molecule has 176 valence electrons. The molecule has 0 heterocycles. The zero-order chi connectivity index (χ0) is 22.2. The van der Waals surface area contributed by atoms with Gasteiger partial charge in [-0.2, -0.15) is 0 Å². The summed E-state index contributed by atoms with van der Waals surface area (Å²) in [5, 5.41) is 0. The van der Waals surface area contributed by atoms with Gasteiger partial charge < -0.3 is 19.2 Å². The molecule has 1 unspecified atom stereocenters. The van der Waals surface area contributed by atoms with Crippen molar-refractivity contribution in [1.82, 2.24) is 0 Å². The predicted octanol–water partition coefficient (Wildman–Crippen LogP) is 7.72. The summed E-state index contributed by atoms with van der Waals surface area (Å²) >= 11 is 10.7. The van der Waals surface area contributed by atoms with Gasteiger partial charge in [0.25, 0.3) is 0 Å². The molecule has 0 radical (unpaired) electrons. The van der Waals surface area contributed by atoms with E-state index < -0.39 is 19.0 Å². The van der Waals surface area contributed by atoms with Gasteiger partial charge in [-0.15, -0.1) is 0 Å². The summed E-state index contributed by atoms with van der Waals surface area (Å²) in [5.74, 6) is 0. The Hall–Kier alpha value is 0.880. The second kappa shape index (κ2) is 16.5. The molecule has 1 atom stereocenters. The lowest BCUT2D eigenvalue weighted by molar-refractivity contribution is 0.248. The van der Waals surface area contributed by atoms with Gasteiger partial charge in [0.1, 0.15) is 0 Å². The molecule has 6 nitrogen and oxygen atoms in total. The lowest BCUT2D eigenvalue weighted by atomic mass is 10.0. The van der Waals surface area contributed by atoms with Gasteiger partial charge in [0.05, 0.1) is 6.61 Å². The van der Waals surface area contributed by atoms with E-state index in [1.807, 2.05) is 0 Å². The molecular formula is C19H40Cl2O6P2. The van der Waals surface area contributed by atoms with Crippen LogP contribution in [-0.4, -0.2) is 25.1 Å². The normalized spacial score (nSPS) is 14.8. The molecule has 0 rings (SSSR count). The maximum absolute atomic E-state index is 11.8. The Bertz CT molecular complexity index is 499. The Morgan fingerprint density at radius 1 is 0.655 bits per heavy atom. The zero-order valence-corrected chi connectivity index (χ0v) is 21.0. The topological polar surface area (TPSA) is 104 Å². The highest BCUT2D eigenvalue weighted by Crippen LogP contribution is 2.75. The summed E-state index contributed by atoms with van der Waals surface area (Å²) in [6.45, 7) is 2.13. The van der Waals surface area contributed by atoms with E-state index in [0.29, 0.717) is 6.42 Å². The van der Waals surface area contributed by atoms with Crippen LogP contribution in [0.3, 0.4) is 0 Å². The van der Waals surface area contributed by atoms with Crippen LogP contribution in [0.2, 0.25) is 0 Å². The van der Waals surface area contributed by atoms with E-state index >= 15 is 0 Å². The summed E-state index contributed by atoms with van der Waals surface area (Å²) in [6, 6.07) is 0. The third kappa shape index (κ3) is 13.8. The smallest absolute Gasteiger partial charge is 0.322 e. The van der Waals surface area contributed by atoms with E-state index in [1.54, 1.807) is 0 Å². The third-order valence-electron chi connectivity index (χ3n) is 4.95. The molecule has 0 aliphatic heterocycles. The Morgan fingerprint density at radius 2 is 0.966 bits per heavy atom. The van der Waals surface area contributed by atoms with Crippen LogP contribution in [0.4, 0.5) is 0 Å². The van der Waals surface area contributed by atoms with Crippen molar-refractivity contribution in [1.29, 1.82) is 0 Å². The van der Waals surface area contributed by atoms with Crippen molar-refractivity contribution in [2.45, 2.75) is 113 Å². The first kappa shape index (κ1) is 29.9. The molecule has 29 heavy (non-hydrogen) atoms. The molecule has 0 aromatic heterocycles. The summed E-state index contributed by atoms with van der Waals surface area (Å²) < 4.78 is 24.5. The van der Waals surface area contributed by atoms with E-state index in [1.165, 1.54) is 77.0 Å². The molecule has 3 N–H and O–H groups in total. The first-order chi connectivity index (χ1) is 13.6. The van der Waals surface area contributed by atoms with Crippen LogP contribution in [-0.2, 0) is 13.7 Å². The van der Waals surface area contributed by atoms with E-state index in [4.69, 9.17) is 37.5 Å². The Kier molecular flexibility index (Phi) is 17.0. The van der Waals surface area contributed by atoms with E-state index in [-0.39, 0.29) is 6.61 Å². The maximum Gasteiger partial charge on any atom is 0.376 e. The summed E-state index contributed by atoms with van der Waals surface area (Å²) in [4.78, 5) is 27.5. The molecule has 0 bridgehead atoms. The molecule has 0 aliphatic rings. The first-order valence-electron chi connectivity index (χ1n) is 11.0. The number of halogens is 2. The van der Waals surface area contributed by atoms with Crippen molar-refractivity contribution in [3.63, 3.8) is 0 Å². The fourth-order valence-corrected chi connectivity index (χ4v) is 5.40. The van der Waals surface area contributed by atoms with Crippen LogP contribution in [0.1, 0.15) is 110 Å². The first-order valence-corrected chi connectivity index (χ1v) is 14.9. The van der Waals surface area contributed by atoms with Gasteiger partial charge in [-0.25, -0.2) is 0 Å². The average molecular weight is 497 g/mol. The maximum atomic E-state index is 11.8. The minimum atomic E-state index is -5.19. The van der Waals surface area contributed by atoms with Gasteiger partial charge in [0, 0.05) is 0 Å². The molecule has 0 fully saturated rings. The molecular weight excluding hydrogens is 457 g/mol. The largest absolute Gasteiger partial charge is 0.376 e. The van der Waals surface area contributed by atoms with Crippen molar-refractivity contribution in [3.05, 3.63) is 0 Å². The fourth-order valence-electron chi connectivity index (χ4n) is 3.08. The number of unbranched alkanes of at least 4 members (excludes halogenated alkanes) is 15. The Morgan fingerprint density at radius 3 is 1.28 bits per heavy atom. The standard InChI is InChI=1S/C19H40Cl2O6P2/c1-2-3-4-5-6-7-8-9-10-11-12-13-14-15-16-17-18-27-29(25,26)19(20,21)28(22,23)24/h2-18H2,1H3,(H,25,26)(H2,22,23,24). The van der Waals surface area contributed by atoms with Crippen molar-refractivity contribution in [3.8, 4) is 0 Å². The quantitative estimate of drug-likeness (QED) is 0.0904. The number of alkyl halides is 2. The van der Waals surface area contributed by atoms with Gasteiger partial charge in [-0.1, -0.05) is 126 Å². The van der Waals surface area contributed by atoms with Gasteiger partial charge in [0.2, 0.25) is 0 Å². The van der Waals surface area contributed by atoms with Crippen LogP contribution in [0.25, 0.3) is 0 Å². The highest BCUT2D eigenvalue weighted by atomic mass is 35.5. The summed E-state index contributed by atoms with van der Waals surface area (Å²) in [7, 11) is -10.0. The minimum Gasteiger partial charge on any atom is -0.322 e. The van der Waals surface area contributed by atoms with Crippen molar-refractivity contribution >= 4 is 38.4 Å². The minimum absolute atomic E-state index is 0.118. The number of hydrogen-bond acceptors (Lipinski definition) is 3. The Balaban J connectivity index is 3.48. The van der Waals surface area contributed by atoms with Crippen LogP contribution < -0.4 is 0 Å². The Labute approximate surface area is 186 Å². The highest BCUT2D eigenvalue weighted by Gasteiger charge is 2.60. The monoisotopic (exact) mass is 496 g/mol. The van der Waals surface area contributed by atoms with Crippen molar-refractivity contribution < 1.29 is 28.3 Å². The van der Waals surface area contributed by atoms with Crippen LogP contribution in [0.15, 0.2) is 0 Å². The van der Waals surface area contributed by atoms with Crippen molar-refractivity contribution in [2.75, 3.05) is 6.61 Å². The molecule has 10 heteroatoms. The lowest BCUT2D eigenvalue weighted by Gasteiger charge is -2.25. The molecule has 0 aromatic carbocycles. The molecule has 0 aliphatic carbocycles. The van der Waals surface area contributed by atoms with E-state index in [2.05, 4.69) is 6.92 Å².